The third kappa shape index (κ3) is 1.20. The van der Waals surface area contributed by atoms with E-state index in [-0.39, 0.29) is 6.04 Å². The Bertz CT molecular complexity index is 112. The maximum Gasteiger partial charge on any atom is 0.0832 e. The van der Waals surface area contributed by atoms with Gasteiger partial charge in [-0.1, -0.05) is 40.2 Å². The average molecular weight is 173 g/mol. The lowest BCUT2D eigenvalue weighted by molar-refractivity contribution is 0.949. The minimum absolute atomic E-state index is 0.0694. The Morgan fingerprint density at radius 2 is 2.25 bits per heavy atom. The number of nitrogens with two attached hydrogens (primary N) is 1. The van der Waals surface area contributed by atoms with Crippen molar-refractivity contribution < 1.29 is 0 Å². The highest BCUT2D eigenvalue weighted by molar-refractivity contribution is 9.11. The molecule has 0 spiro atoms. The molecule has 2 N–H and O–H groups in total. The van der Waals surface area contributed by atoms with Crippen molar-refractivity contribution in [2.24, 2.45) is 5.73 Å². The molecule has 1 aliphatic carbocycles. The van der Waals surface area contributed by atoms with E-state index in [1.54, 1.807) is 0 Å². The molecule has 1 rings (SSSR count). The molecule has 2 heteroatoms. The predicted molar refractivity (Wildman–Crippen MR) is 38.4 cm³/mol. The fourth-order valence-corrected chi connectivity index (χ4v) is 0.840. The first-order valence-corrected chi connectivity index (χ1v) is 3.23. The van der Waals surface area contributed by atoms with Crippen molar-refractivity contribution in [3.05, 3.63) is 29.1 Å². The summed E-state index contributed by atoms with van der Waals surface area (Å²) in [7, 11) is 0. The van der Waals surface area contributed by atoms with Gasteiger partial charge in [-0.05, 0) is 0 Å². The number of rotatable bonds is 0. The molecule has 8 heavy (non-hydrogen) atoms. The molecule has 1 radical (unpaired) electrons. The van der Waals surface area contributed by atoms with Gasteiger partial charge in [0.2, 0.25) is 0 Å². The first-order chi connectivity index (χ1) is 3.80. The highest BCUT2D eigenvalue weighted by Gasteiger charge is 2.09. The van der Waals surface area contributed by atoms with Crippen LogP contribution >= 0.6 is 15.9 Å². The van der Waals surface area contributed by atoms with Gasteiger partial charge in [0.25, 0.3) is 0 Å². The normalized spacial score (nSPS) is 29.0. The molecule has 0 aromatic rings. The van der Waals surface area contributed by atoms with Crippen LogP contribution in [0.4, 0.5) is 0 Å². The molecule has 0 saturated heterocycles. The van der Waals surface area contributed by atoms with Gasteiger partial charge in [-0.3, -0.25) is 0 Å². The van der Waals surface area contributed by atoms with Crippen LogP contribution in [0.1, 0.15) is 0 Å². The lowest BCUT2D eigenvalue weighted by Crippen LogP contribution is -2.21. The molecular weight excluding hydrogens is 166 g/mol. The van der Waals surface area contributed by atoms with Gasteiger partial charge in [0.1, 0.15) is 0 Å². The molecule has 0 saturated carbocycles. The van der Waals surface area contributed by atoms with Crippen LogP contribution in [-0.4, -0.2) is 6.04 Å². The summed E-state index contributed by atoms with van der Waals surface area (Å²) in [5.74, 6) is 0. The van der Waals surface area contributed by atoms with Gasteiger partial charge in [-0.25, -0.2) is 0 Å². The van der Waals surface area contributed by atoms with E-state index in [2.05, 4.69) is 15.9 Å². The summed E-state index contributed by atoms with van der Waals surface area (Å²) < 4.78 is 0. The molecule has 0 aromatic carbocycles. The Morgan fingerprint density at radius 3 is 2.62 bits per heavy atom. The largest absolute Gasteiger partial charge is 0.323 e. The van der Waals surface area contributed by atoms with Gasteiger partial charge in [0.15, 0.2) is 0 Å². The Balaban J connectivity index is 2.59. The Morgan fingerprint density at radius 1 is 1.50 bits per heavy atom. The molecular formula is C6H7BrN. The first-order valence-electron chi connectivity index (χ1n) is 2.43. The lowest BCUT2D eigenvalue weighted by Gasteiger charge is -2.10. The van der Waals surface area contributed by atoms with Gasteiger partial charge < -0.3 is 5.73 Å². The van der Waals surface area contributed by atoms with Crippen molar-refractivity contribution in [2.75, 3.05) is 0 Å². The lowest BCUT2D eigenvalue weighted by atomic mass is 10.1. The summed E-state index contributed by atoms with van der Waals surface area (Å²) in [6.07, 6.45) is 7.78. The van der Waals surface area contributed by atoms with Crippen molar-refractivity contribution in [1.82, 2.24) is 0 Å². The highest BCUT2D eigenvalue weighted by atomic mass is 79.9. The molecule has 0 amide bonds. The summed E-state index contributed by atoms with van der Waals surface area (Å²) in [5.41, 5.74) is 5.56. The smallest absolute Gasteiger partial charge is 0.0832 e. The zero-order valence-corrected chi connectivity index (χ0v) is 5.93. The average Bonchev–Trinajstić information content (AvgIpc) is 1.77. The monoisotopic (exact) mass is 172 g/mol. The molecule has 0 aromatic heterocycles. The van der Waals surface area contributed by atoms with Crippen molar-refractivity contribution in [3.8, 4) is 0 Å². The van der Waals surface area contributed by atoms with Crippen molar-refractivity contribution in [2.45, 2.75) is 6.04 Å². The van der Waals surface area contributed by atoms with Crippen LogP contribution in [0.15, 0.2) is 24.3 Å². The zero-order valence-electron chi connectivity index (χ0n) is 4.34. The van der Waals surface area contributed by atoms with E-state index < -0.39 is 0 Å². The SMILES string of the molecule is NC1C=CC=C[C]1Br. The molecule has 0 fully saturated rings. The third-order valence-electron chi connectivity index (χ3n) is 1.00. The minimum atomic E-state index is 0.0694. The van der Waals surface area contributed by atoms with E-state index in [0.717, 1.165) is 4.83 Å². The number of allylic oxidation sites excluding steroid dienone is 2. The fraction of sp³-hybridized carbons (Fsp3) is 0.167. The molecule has 1 nitrogen and oxygen atoms in total. The van der Waals surface area contributed by atoms with Crippen LogP contribution < -0.4 is 5.73 Å². The second-order valence-electron chi connectivity index (χ2n) is 1.65. The maximum atomic E-state index is 5.56. The van der Waals surface area contributed by atoms with Gasteiger partial charge in [0, 0.05) is 6.04 Å². The van der Waals surface area contributed by atoms with Crippen LogP contribution in [0, 0.1) is 4.83 Å². The molecule has 1 unspecified atom stereocenters. The van der Waals surface area contributed by atoms with Crippen molar-refractivity contribution in [1.29, 1.82) is 0 Å². The van der Waals surface area contributed by atoms with Crippen LogP contribution in [-0.2, 0) is 0 Å². The van der Waals surface area contributed by atoms with Crippen molar-refractivity contribution >= 4 is 15.9 Å². The summed E-state index contributed by atoms with van der Waals surface area (Å²) in [6.45, 7) is 0. The van der Waals surface area contributed by atoms with Crippen LogP contribution in [0.5, 0.6) is 0 Å². The second-order valence-corrected chi connectivity index (χ2v) is 2.57. The van der Waals surface area contributed by atoms with E-state index in [1.165, 1.54) is 0 Å². The molecule has 43 valence electrons. The molecule has 0 heterocycles. The predicted octanol–water partition coefficient (Wildman–Crippen LogP) is 1.37. The molecule has 1 atom stereocenters. The summed E-state index contributed by atoms with van der Waals surface area (Å²) in [6, 6.07) is 0.0694. The Hall–Kier alpha value is -0.0800. The standard InChI is InChI=1S/C6H7BrN/c7-5-3-1-2-4-6(5)8/h1-4,6H,8H2. The fourth-order valence-electron chi connectivity index (χ4n) is 0.534. The highest BCUT2D eigenvalue weighted by Crippen LogP contribution is 2.18. The van der Waals surface area contributed by atoms with Crippen molar-refractivity contribution in [3.63, 3.8) is 0 Å². The van der Waals surface area contributed by atoms with E-state index in [9.17, 15) is 0 Å². The Labute approximate surface area is 57.4 Å². The van der Waals surface area contributed by atoms with Gasteiger partial charge in [-0.15, -0.1) is 0 Å². The van der Waals surface area contributed by atoms with Crippen LogP contribution in [0.25, 0.3) is 0 Å². The number of hydrogen-bond acceptors (Lipinski definition) is 1. The summed E-state index contributed by atoms with van der Waals surface area (Å²) >= 11 is 3.31. The Kier molecular flexibility index (Phi) is 1.86. The summed E-state index contributed by atoms with van der Waals surface area (Å²) in [5, 5.41) is 0. The van der Waals surface area contributed by atoms with E-state index in [4.69, 9.17) is 5.73 Å². The third-order valence-corrected chi connectivity index (χ3v) is 1.80. The number of hydrogen-bond donors (Lipinski definition) is 1. The van der Waals surface area contributed by atoms with Gasteiger partial charge in [-0.2, -0.15) is 0 Å². The van der Waals surface area contributed by atoms with E-state index in [0.29, 0.717) is 0 Å². The topological polar surface area (TPSA) is 26.0 Å². The first kappa shape index (κ1) is 6.05. The zero-order chi connectivity index (χ0) is 5.98. The molecule has 1 aliphatic rings. The second kappa shape index (κ2) is 2.46. The van der Waals surface area contributed by atoms with E-state index in [1.807, 2.05) is 24.3 Å². The minimum Gasteiger partial charge on any atom is -0.323 e. The van der Waals surface area contributed by atoms with Gasteiger partial charge >= 0.3 is 0 Å². The molecule has 0 aliphatic heterocycles. The van der Waals surface area contributed by atoms with E-state index >= 15 is 0 Å². The maximum absolute atomic E-state index is 5.56. The summed E-state index contributed by atoms with van der Waals surface area (Å²) in [4.78, 5) is 1.04. The van der Waals surface area contributed by atoms with Crippen LogP contribution in [0.2, 0.25) is 0 Å². The quantitative estimate of drug-likeness (QED) is 0.588. The molecule has 0 bridgehead atoms. The van der Waals surface area contributed by atoms with Crippen LogP contribution in [0.3, 0.4) is 0 Å². The number of halogens is 1. The van der Waals surface area contributed by atoms with Gasteiger partial charge in [0.05, 0.1) is 4.83 Å².